The smallest absolute Gasteiger partial charge is 0.264 e. The number of halogens is 1. The van der Waals surface area contributed by atoms with Gasteiger partial charge in [0, 0.05) is 4.75 Å². The Labute approximate surface area is 114 Å². The van der Waals surface area contributed by atoms with Gasteiger partial charge in [-0.3, -0.25) is 4.79 Å². The van der Waals surface area contributed by atoms with Crippen molar-refractivity contribution >= 4 is 34.4 Å². The van der Waals surface area contributed by atoms with E-state index in [9.17, 15) is 4.79 Å². The highest BCUT2D eigenvalue weighted by Gasteiger charge is 2.13. The van der Waals surface area contributed by atoms with Crippen LogP contribution in [0.3, 0.4) is 0 Å². The second kappa shape index (κ2) is 5.53. The maximum atomic E-state index is 11.6. The summed E-state index contributed by atoms with van der Waals surface area (Å²) in [5.41, 5.74) is 0.880. The van der Waals surface area contributed by atoms with Gasteiger partial charge in [0.25, 0.3) is 5.56 Å². The van der Waals surface area contributed by atoms with Crippen molar-refractivity contribution in [1.82, 2.24) is 9.97 Å². The second-order valence-electron chi connectivity index (χ2n) is 4.53. The lowest BCUT2D eigenvalue weighted by atomic mass is 10.3. The Kier molecular flexibility index (Phi) is 4.85. The van der Waals surface area contributed by atoms with Gasteiger partial charge in [0.1, 0.15) is 5.82 Å². The average molecular weight is 352 g/mol. The molecule has 1 N–H and O–H groups in total. The van der Waals surface area contributed by atoms with E-state index in [1.165, 1.54) is 0 Å². The summed E-state index contributed by atoms with van der Waals surface area (Å²) in [4.78, 5) is 18.9. The van der Waals surface area contributed by atoms with Gasteiger partial charge in [0.2, 0.25) is 0 Å². The molecule has 1 aromatic heterocycles. The summed E-state index contributed by atoms with van der Waals surface area (Å²) in [6, 6.07) is 0. The van der Waals surface area contributed by atoms with Crippen LogP contribution in [0.15, 0.2) is 4.79 Å². The molecule has 1 aromatic rings. The normalized spacial score (nSPS) is 11.8. The monoisotopic (exact) mass is 352 g/mol. The minimum atomic E-state index is -0.0167. The molecule has 3 nitrogen and oxygen atoms in total. The highest BCUT2D eigenvalue weighted by Crippen LogP contribution is 2.25. The summed E-state index contributed by atoms with van der Waals surface area (Å²) in [7, 11) is 0. The number of hydrogen-bond acceptors (Lipinski definition) is 3. The zero-order chi connectivity index (χ0) is 12.3. The first-order valence-electron chi connectivity index (χ1n) is 5.25. The Morgan fingerprint density at radius 3 is 2.56 bits per heavy atom. The van der Waals surface area contributed by atoms with E-state index in [-0.39, 0.29) is 10.3 Å². The van der Waals surface area contributed by atoms with Crippen molar-refractivity contribution in [3.63, 3.8) is 0 Å². The number of H-pyrrole nitrogens is 1. The van der Waals surface area contributed by atoms with Gasteiger partial charge < -0.3 is 4.98 Å². The summed E-state index contributed by atoms with van der Waals surface area (Å²) < 4.78 is 0.901. The molecule has 0 spiro atoms. The predicted molar refractivity (Wildman–Crippen MR) is 78.0 cm³/mol. The van der Waals surface area contributed by atoms with E-state index in [2.05, 4.69) is 53.3 Å². The minimum Gasteiger partial charge on any atom is -0.309 e. The Morgan fingerprint density at radius 2 is 2.06 bits per heavy atom. The molecule has 0 aliphatic rings. The van der Waals surface area contributed by atoms with Crippen LogP contribution in [-0.4, -0.2) is 14.7 Å². The van der Waals surface area contributed by atoms with Crippen molar-refractivity contribution in [1.29, 1.82) is 0 Å². The van der Waals surface area contributed by atoms with Crippen LogP contribution < -0.4 is 5.56 Å². The Balaban J connectivity index is 2.91. The third-order valence-corrected chi connectivity index (χ3v) is 4.35. The molecule has 0 amide bonds. The van der Waals surface area contributed by atoms with Crippen LogP contribution in [0.25, 0.3) is 0 Å². The number of aromatic nitrogens is 2. The number of rotatable bonds is 3. The van der Waals surface area contributed by atoms with E-state index in [1.54, 1.807) is 11.8 Å². The van der Waals surface area contributed by atoms with Crippen molar-refractivity contribution in [2.24, 2.45) is 0 Å². The minimum absolute atomic E-state index is 0.0167. The summed E-state index contributed by atoms with van der Waals surface area (Å²) >= 11 is 3.84. The van der Waals surface area contributed by atoms with Crippen molar-refractivity contribution in [2.45, 2.75) is 44.6 Å². The summed E-state index contributed by atoms with van der Waals surface area (Å²) in [5.74, 6) is 1.53. The molecule has 0 fully saturated rings. The molecule has 0 aliphatic carbocycles. The highest BCUT2D eigenvalue weighted by atomic mass is 127. The fourth-order valence-electron chi connectivity index (χ4n) is 1.14. The molecule has 0 saturated carbocycles. The van der Waals surface area contributed by atoms with Gasteiger partial charge in [0.05, 0.1) is 15.0 Å². The van der Waals surface area contributed by atoms with Gasteiger partial charge in [0.15, 0.2) is 0 Å². The van der Waals surface area contributed by atoms with Gasteiger partial charge in [-0.1, -0.05) is 27.7 Å². The van der Waals surface area contributed by atoms with Crippen molar-refractivity contribution < 1.29 is 0 Å². The Hall–Kier alpha value is -0.0400. The lowest BCUT2D eigenvalue weighted by Crippen LogP contribution is -2.18. The quantitative estimate of drug-likeness (QED) is 0.851. The van der Waals surface area contributed by atoms with Gasteiger partial charge in [-0.15, -0.1) is 11.8 Å². The van der Waals surface area contributed by atoms with E-state index in [0.717, 1.165) is 23.7 Å². The van der Waals surface area contributed by atoms with Crippen LogP contribution in [-0.2, 0) is 12.2 Å². The van der Waals surface area contributed by atoms with Crippen molar-refractivity contribution in [3.8, 4) is 0 Å². The van der Waals surface area contributed by atoms with Crippen LogP contribution in [0.4, 0.5) is 0 Å². The van der Waals surface area contributed by atoms with E-state index in [4.69, 9.17) is 0 Å². The van der Waals surface area contributed by atoms with E-state index < -0.39 is 0 Å². The Bertz CT molecular complexity index is 423. The third kappa shape index (κ3) is 4.08. The molecule has 16 heavy (non-hydrogen) atoms. The number of aryl methyl sites for hydroxylation is 1. The second-order valence-corrected chi connectivity index (χ2v) is 7.41. The fourth-order valence-corrected chi connectivity index (χ4v) is 2.49. The molecule has 0 aliphatic heterocycles. The van der Waals surface area contributed by atoms with Crippen molar-refractivity contribution in [2.75, 3.05) is 0 Å². The third-order valence-electron chi connectivity index (χ3n) is 1.96. The molecule has 5 heteroatoms. The highest BCUT2D eigenvalue weighted by molar-refractivity contribution is 14.1. The molecule has 90 valence electrons. The van der Waals surface area contributed by atoms with E-state index in [0.29, 0.717) is 3.57 Å². The lowest BCUT2D eigenvalue weighted by Gasteiger charge is -2.17. The van der Waals surface area contributed by atoms with Crippen LogP contribution in [0.5, 0.6) is 0 Å². The number of nitrogens with zero attached hydrogens (tertiary/aromatic N) is 1. The summed E-state index contributed by atoms with van der Waals surface area (Å²) in [6.45, 7) is 8.49. The first-order chi connectivity index (χ1) is 7.33. The topological polar surface area (TPSA) is 45.8 Å². The predicted octanol–water partition coefficient (Wildman–Crippen LogP) is 2.97. The van der Waals surface area contributed by atoms with E-state index >= 15 is 0 Å². The average Bonchev–Trinajstić information content (AvgIpc) is 2.18. The molecule has 1 rings (SSSR count). The van der Waals surface area contributed by atoms with Crippen LogP contribution in [0.1, 0.15) is 39.2 Å². The summed E-state index contributed by atoms with van der Waals surface area (Å²) in [5, 5.41) is 0. The van der Waals surface area contributed by atoms with Gasteiger partial charge in [-0.2, -0.15) is 0 Å². The maximum absolute atomic E-state index is 11.6. The first-order valence-corrected chi connectivity index (χ1v) is 7.31. The van der Waals surface area contributed by atoms with E-state index in [1.807, 2.05) is 6.92 Å². The zero-order valence-electron chi connectivity index (χ0n) is 10.1. The summed E-state index contributed by atoms with van der Waals surface area (Å²) in [6.07, 6.45) is 0.801. The first kappa shape index (κ1) is 14.0. The molecule has 1 heterocycles. The standard InChI is InChI=1S/C11H17IN2OS/c1-5-7-9(12)10(15)14-8(13-7)6-16-11(2,3)4/h5-6H2,1-4H3,(H,13,14,15). The van der Waals surface area contributed by atoms with Gasteiger partial charge in [-0.05, 0) is 29.0 Å². The van der Waals surface area contributed by atoms with Crippen LogP contribution in [0, 0.1) is 3.57 Å². The maximum Gasteiger partial charge on any atom is 0.264 e. The number of hydrogen-bond donors (Lipinski definition) is 1. The van der Waals surface area contributed by atoms with Crippen LogP contribution in [0.2, 0.25) is 0 Å². The fraction of sp³-hybridized carbons (Fsp3) is 0.636. The van der Waals surface area contributed by atoms with Gasteiger partial charge >= 0.3 is 0 Å². The number of aromatic amines is 1. The molecule has 0 saturated heterocycles. The molecule has 0 bridgehead atoms. The van der Waals surface area contributed by atoms with Crippen LogP contribution >= 0.6 is 34.4 Å². The Morgan fingerprint density at radius 1 is 1.44 bits per heavy atom. The molecule has 0 unspecified atom stereocenters. The molecule has 0 atom stereocenters. The molecular formula is C11H17IN2OS. The zero-order valence-corrected chi connectivity index (χ0v) is 13.0. The number of nitrogens with one attached hydrogen (secondary N) is 1. The SMILES string of the molecule is CCc1nc(CSC(C)(C)C)[nH]c(=O)c1I. The van der Waals surface area contributed by atoms with Crippen molar-refractivity contribution in [3.05, 3.63) is 25.4 Å². The number of thioether (sulfide) groups is 1. The largest absolute Gasteiger partial charge is 0.309 e. The molecule has 0 aromatic carbocycles. The van der Waals surface area contributed by atoms with Gasteiger partial charge in [-0.25, -0.2) is 4.98 Å². The lowest BCUT2D eigenvalue weighted by molar-refractivity contribution is 0.798. The molecule has 0 radical (unpaired) electrons. The molecular weight excluding hydrogens is 335 g/mol.